The van der Waals surface area contributed by atoms with Crippen molar-refractivity contribution in [2.75, 3.05) is 6.61 Å². The van der Waals surface area contributed by atoms with Crippen LogP contribution < -0.4 is 4.74 Å². The predicted molar refractivity (Wildman–Crippen MR) is 53.8 cm³/mol. The number of rotatable bonds is 4. The lowest BCUT2D eigenvalue weighted by atomic mass is 10.2. The van der Waals surface area contributed by atoms with Gasteiger partial charge in [-0.15, -0.1) is 0 Å². The molecule has 0 heterocycles. The average molecular weight is 194 g/mol. The minimum Gasteiger partial charge on any atom is -0.507 e. The van der Waals surface area contributed by atoms with Gasteiger partial charge >= 0.3 is 0 Å². The van der Waals surface area contributed by atoms with E-state index in [1.165, 1.54) is 12.1 Å². The topological polar surface area (TPSA) is 46.5 Å². The van der Waals surface area contributed by atoms with E-state index in [4.69, 9.17) is 4.74 Å². The molecular weight excluding hydrogens is 180 g/mol. The number of carbonyl (C=O) groups excluding carboxylic acids is 1. The maximum atomic E-state index is 10.4. The molecule has 0 aliphatic rings. The molecule has 1 rings (SSSR count). The monoisotopic (exact) mass is 194 g/mol. The van der Waals surface area contributed by atoms with Crippen molar-refractivity contribution in [2.45, 2.75) is 13.8 Å². The van der Waals surface area contributed by atoms with Gasteiger partial charge in [0.25, 0.3) is 0 Å². The number of hydrogen-bond acceptors (Lipinski definition) is 3. The minimum atomic E-state index is -0.0405. The van der Waals surface area contributed by atoms with Gasteiger partial charge in [-0.3, -0.25) is 4.79 Å². The van der Waals surface area contributed by atoms with Gasteiger partial charge in [-0.05, 0) is 18.1 Å². The van der Waals surface area contributed by atoms with Gasteiger partial charge in [-0.2, -0.15) is 0 Å². The zero-order valence-electron chi connectivity index (χ0n) is 8.36. The number of hydrogen-bond donors (Lipinski definition) is 1. The maximum absolute atomic E-state index is 10.4. The normalized spacial score (nSPS) is 10.2. The standard InChI is InChI=1S/C11H14O3/c1-8(2)7-14-10-4-3-9(6-12)11(13)5-10/h3-6,8,13H,7H2,1-2H3. The van der Waals surface area contributed by atoms with Gasteiger partial charge in [-0.25, -0.2) is 0 Å². The quantitative estimate of drug-likeness (QED) is 0.748. The largest absolute Gasteiger partial charge is 0.507 e. The van der Waals surface area contributed by atoms with Gasteiger partial charge in [0.15, 0.2) is 6.29 Å². The van der Waals surface area contributed by atoms with Crippen LogP contribution in [0.15, 0.2) is 18.2 Å². The Morgan fingerprint density at radius 2 is 2.21 bits per heavy atom. The Kier molecular flexibility index (Phi) is 3.51. The van der Waals surface area contributed by atoms with Gasteiger partial charge in [-0.1, -0.05) is 13.8 Å². The fourth-order valence-electron chi connectivity index (χ4n) is 0.976. The van der Waals surface area contributed by atoms with Gasteiger partial charge in [0, 0.05) is 6.07 Å². The molecule has 3 heteroatoms. The van der Waals surface area contributed by atoms with Crippen LogP contribution in [-0.4, -0.2) is 18.0 Å². The fraction of sp³-hybridized carbons (Fsp3) is 0.364. The molecule has 0 amide bonds. The highest BCUT2D eigenvalue weighted by Gasteiger charge is 2.02. The first-order valence-corrected chi connectivity index (χ1v) is 4.54. The summed E-state index contributed by atoms with van der Waals surface area (Å²) in [5, 5.41) is 9.35. The highest BCUT2D eigenvalue weighted by Crippen LogP contribution is 2.22. The Hall–Kier alpha value is -1.51. The second kappa shape index (κ2) is 4.65. The van der Waals surface area contributed by atoms with Gasteiger partial charge < -0.3 is 9.84 Å². The lowest BCUT2D eigenvalue weighted by Gasteiger charge is -2.09. The van der Waals surface area contributed by atoms with Crippen LogP contribution in [0.3, 0.4) is 0 Å². The van der Waals surface area contributed by atoms with Crippen molar-refractivity contribution < 1.29 is 14.6 Å². The number of phenols is 1. The highest BCUT2D eigenvalue weighted by molar-refractivity contribution is 5.79. The van der Waals surface area contributed by atoms with E-state index < -0.39 is 0 Å². The molecule has 0 aliphatic heterocycles. The molecule has 0 aromatic heterocycles. The van der Waals surface area contributed by atoms with Gasteiger partial charge in [0.2, 0.25) is 0 Å². The molecule has 1 N–H and O–H groups in total. The molecular formula is C11H14O3. The molecule has 0 saturated carbocycles. The summed E-state index contributed by atoms with van der Waals surface area (Å²) in [4.78, 5) is 10.4. The summed E-state index contributed by atoms with van der Waals surface area (Å²) in [5.41, 5.74) is 0.280. The number of ether oxygens (including phenoxy) is 1. The van der Waals surface area contributed by atoms with E-state index in [2.05, 4.69) is 0 Å². The van der Waals surface area contributed by atoms with E-state index in [0.29, 0.717) is 24.6 Å². The Labute approximate surface area is 83.3 Å². The maximum Gasteiger partial charge on any atom is 0.153 e. The van der Waals surface area contributed by atoms with Crippen molar-refractivity contribution in [3.05, 3.63) is 23.8 Å². The first kappa shape index (κ1) is 10.6. The highest BCUT2D eigenvalue weighted by atomic mass is 16.5. The van der Waals surface area contributed by atoms with Crippen LogP contribution in [0.1, 0.15) is 24.2 Å². The molecule has 76 valence electrons. The summed E-state index contributed by atoms with van der Waals surface area (Å²) in [6.07, 6.45) is 0.613. The second-order valence-corrected chi connectivity index (χ2v) is 3.54. The number of phenolic OH excluding ortho intramolecular Hbond substituents is 1. The van der Waals surface area contributed by atoms with Crippen LogP contribution in [-0.2, 0) is 0 Å². The Morgan fingerprint density at radius 3 is 2.71 bits per heavy atom. The van der Waals surface area contributed by atoms with E-state index in [1.807, 2.05) is 13.8 Å². The number of aromatic hydroxyl groups is 1. The van der Waals surface area contributed by atoms with E-state index in [0.717, 1.165) is 0 Å². The predicted octanol–water partition coefficient (Wildman–Crippen LogP) is 2.24. The Bertz CT molecular complexity index is 318. The van der Waals surface area contributed by atoms with E-state index in [-0.39, 0.29) is 11.3 Å². The summed E-state index contributed by atoms with van der Waals surface area (Å²) < 4.78 is 5.37. The van der Waals surface area contributed by atoms with Crippen molar-refractivity contribution in [2.24, 2.45) is 5.92 Å². The van der Waals surface area contributed by atoms with Crippen LogP contribution in [0.4, 0.5) is 0 Å². The van der Waals surface area contributed by atoms with Crippen LogP contribution >= 0.6 is 0 Å². The molecule has 3 nitrogen and oxygen atoms in total. The molecule has 14 heavy (non-hydrogen) atoms. The fourth-order valence-corrected chi connectivity index (χ4v) is 0.976. The third-order valence-electron chi connectivity index (χ3n) is 1.71. The van der Waals surface area contributed by atoms with E-state index in [9.17, 15) is 9.90 Å². The summed E-state index contributed by atoms with van der Waals surface area (Å²) >= 11 is 0. The molecule has 0 atom stereocenters. The Morgan fingerprint density at radius 1 is 1.50 bits per heavy atom. The SMILES string of the molecule is CC(C)COc1ccc(C=O)c(O)c1. The smallest absolute Gasteiger partial charge is 0.153 e. The van der Waals surface area contributed by atoms with E-state index >= 15 is 0 Å². The van der Waals surface area contributed by atoms with Crippen molar-refractivity contribution >= 4 is 6.29 Å². The average Bonchev–Trinajstić information content (AvgIpc) is 2.15. The number of carbonyl (C=O) groups is 1. The van der Waals surface area contributed by atoms with Gasteiger partial charge in [0.05, 0.1) is 12.2 Å². The second-order valence-electron chi connectivity index (χ2n) is 3.54. The summed E-state index contributed by atoms with van der Waals surface area (Å²) in [6.45, 7) is 4.68. The lowest BCUT2D eigenvalue weighted by molar-refractivity contribution is 0.112. The first-order chi connectivity index (χ1) is 6.63. The molecule has 0 bridgehead atoms. The molecule has 0 unspecified atom stereocenters. The van der Waals surface area contributed by atoms with E-state index in [1.54, 1.807) is 6.07 Å². The Balaban J connectivity index is 2.71. The molecule has 1 aromatic carbocycles. The van der Waals surface area contributed by atoms with Crippen LogP contribution in [0.2, 0.25) is 0 Å². The third kappa shape index (κ3) is 2.76. The summed E-state index contributed by atoms with van der Waals surface area (Å²) in [7, 11) is 0. The zero-order chi connectivity index (χ0) is 10.6. The number of aldehydes is 1. The van der Waals surface area contributed by atoms with Crippen LogP contribution in [0.25, 0.3) is 0 Å². The van der Waals surface area contributed by atoms with Crippen LogP contribution in [0, 0.1) is 5.92 Å². The molecule has 0 spiro atoms. The molecule has 0 radical (unpaired) electrons. The van der Waals surface area contributed by atoms with Crippen molar-refractivity contribution in [1.82, 2.24) is 0 Å². The molecule has 0 saturated heterocycles. The molecule has 0 fully saturated rings. The van der Waals surface area contributed by atoms with Crippen molar-refractivity contribution in [3.63, 3.8) is 0 Å². The first-order valence-electron chi connectivity index (χ1n) is 4.54. The third-order valence-corrected chi connectivity index (χ3v) is 1.71. The van der Waals surface area contributed by atoms with Crippen molar-refractivity contribution in [3.8, 4) is 11.5 Å². The summed E-state index contributed by atoms with van der Waals surface area (Å²) in [5.74, 6) is 0.978. The molecule has 0 aliphatic carbocycles. The van der Waals surface area contributed by atoms with Crippen LogP contribution in [0.5, 0.6) is 11.5 Å². The number of benzene rings is 1. The summed E-state index contributed by atoms with van der Waals surface area (Å²) in [6, 6.07) is 4.66. The van der Waals surface area contributed by atoms with Crippen molar-refractivity contribution in [1.29, 1.82) is 0 Å². The minimum absolute atomic E-state index is 0.0405. The lowest BCUT2D eigenvalue weighted by Crippen LogP contribution is -2.04. The zero-order valence-corrected chi connectivity index (χ0v) is 8.36. The van der Waals surface area contributed by atoms with Gasteiger partial charge in [0.1, 0.15) is 11.5 Å². The molecule has 1 aromatic rings.